The van der Waals surface area contributed by atoms with E-state index in [1.807, 2.05) is 0 Å². The summed E-state index contributed by atoms with van der Waals surface area (Å²) < 4.78 is 5.75. The lowest BCUT2D eigenvalue weighted by atomic mass is 10.1. The van der Waals surface area contributed by atoms with Crippen molar-refractivity contribution in [1.29, 1.82) is 0 Å². The highest BCUT2D eigenvalue weighted by atomic mass is 32.1. The van der Waals surface area contributed by atoms with Crippen molar-refractivity contribution in [3.8, 4) is 0 Å². The smallest absolute Gasteiger partial charge is 0.0674 e. The Morgan fingerprint density at radius 1 is 1.05 bits per heavy atom. The highest BCUT2D eigenvalue weighted by molar-refractivity contribution is 7.80. The van der Waals surface area contributed by atoms with Crippen LogP contribution in [0, 0.1) is 0 Å². The molecule has 19 heavy (non-hydrogen) atoms. The minimum Gasteiger partial charge on any atom is -0.376 e. The Labute approximate surface area is 125 Å². The first kappa shape index (κ1) is 17.3. The Morgan fingerprint density at radius 3 is 2.32 bits per heavy atom. The van der Waals surface area contributed by atoms with Crippen LogP contribution in [0.2, 0.25) is 0 Å². The molecule has 2 unspecified atom stereocenters. The van der Waals surface area contributed by atoms with Crippen LogP contribution in [-0.2, 0) is 4.74 Å². The van der Waals surface area contributed by atoms with Crippen molar-refractivity contribution < 1.29 is 4.74 Å². The maximum atomic E-state index is 5.75. The normalized spacial score (nSPS) is 24.8. The van der Waals surface area contributed by atoms with Crippen molar-refractivity contribution in [2.24, 2.45) is 0 Å². The molecule has 2 nitrogen and oxygen atoms in total. The fourth-order valence-corrected chi connectivity index (χ4v) is 3.10. The largest absolute Gasteiger partial charge is 0.376 e. The van der Waals surface area contributed by atoms with Crippen LogP contribution < -0.4 is 0 Å². The number of nitrogens with zero attached hydrogens (tertiary/aromatic N) is 1. The predicted octanol–water partition coefficient (Wildman–Crippen LogP) is 4.15. The topological polar surface area (TPSA) is 12.5 Å². The molecule has 0 aromatic rings. The maximum Gasteiger partial charge on any atom is 0.0674 e. The quantitative estimate of drug-likeness (QED) is 0.479. The summed E-state index contributed by atoms with van der Waals surface area (Å²) in [6.07, 6.45) is 11.2. The van der Waals surface area contributed by atoms with E-state index in [1.165, 1.54) is 57.9 Å². The van der Waals surface area contributed by atoms with Gasteiger partial charge < -0.3 is 4.74 Å². The van der Waals surface area contributed by atoms with Crippen LogP contribution in [0.4, 0.5) is 0 Å². The molecule has 3 heteroatoms. The van der Waals surface area contributed by atoms with E-state index < -0.39 is 0 Å². The molecule has 1 aliphatic rings. The molecule has 1 rings (SSSR count). The van der Waals surface area contributed by atoms with E-state index in [2.05, 4.69) is 31.4 Å². The zero-order valence-corrected chi connectivity index (χ0v) is 13.8. The number of rotatable bonds is 10. The summed E-state index contributed by atoms with van der Waals surface area (Å²) in [5, 5.41) is 0. The zero-order valence-electron chi connectivity index (χ0n) is 12.9. The molecule has 0 aliphatic carbocycles. The molecule has 0 spiro atoms. The molecule has 0 aromatic heterocycles. The highest BCUT2D eigenvalue weighted by Gasteiger charge is 2.24. The summed E-state index contributed by atoms with van der Waals surface area (Å²) in [5.41, 5.74) is 0. The van der Waals surface area contributed by atoms with Crippen molar-refractivity contribution in [3.05, 3.63) is 0 Å². The Kier molecular flexibility index (Phi) is 10.0. The van der Waals surface area contributed by atoms with Gasteiger partial charge in [0.25, 0.3) is 0 Å². The molecule has 0 aromatic carbocycles. The molecule has 0 saturated carbocycles. The lowest BCUT2D eigenvalue weighted by Gasteiger charge is -2.38. The van der Waals surface area contributed by atoms with Crippen molar-refractivity contribution in [2.45, 2.75) is 77.4 Å². The first-order chi connectivity index (χ1) is 9.27. The third-order valence-electron chi connectivity index (χ3n) is 4.16. The first-order valence-corrected chi connectivity index (χ1v) is 8.87. The third kappa shape index (κ3) is 7.57. The standard InChI is InChI=1S/C16H33NOS/c1-3-16-14-18-15(2)13-17(16)11-9-7-5-4-6-8-10-12-19/h15-16,19H,3-14H2,1-2H3. The number of ether oxygens (including phenoxy) is 1. The van der Waals surface area contributed by atoms with Gasteiger partial charge in [0.1, 0.15) is 0 Å². The summed E-state index contributed by atoms with van der Waals surface area (Å²) in [6, 6.07) is 0.659. The molecule has 1 saturated heterocycles. The number of hydrogen-bond acceptors (Lipinski definition) is 3. The minimum absolute atomic E-state index is 0.420. The van der Waals surface area contributed by atoms with Crippen LogP contribution in [-0.4, -0.2) is 42.5 Å². The van der Waals surface area contributed by atoms with Gasteiger partial charge in [0, 0.05) is 12.6 Å². The molecule has 1 heterocycles. The van der Waals surface area contributed by atoms with Crippen LogP contribution in [0.1, 0.15) is 65.2 Å². The van der Waals surface area contributed by atoms with Gasteiger partial charge in [0.2, 0.25) is 0 Å². The van der Waals surface area contributed by atoms with Crippen LogP contribution in [0.25, 0.3) is 0 Å². The number of unbranched alkanes of at least 4 members (excludes halogenated alkanes) is 6. The van der Waals surface area contributed by atoms with Gasteiger partial charge in [-0.15, -0.1) is 0 Å². The summed E-state index contributed by atoms with van der Waals surface area (Å²) in [5.74, 6) is 1.05. The van der Waals surface area contributed by atoms with Crippen molar-refractivity contribution in [3.63, 3.8) is 0 Å². The molecule has 0 bridgehead atoms. The lowest BCUT2D eigenvalue weighted by molar-refractivity contribution is -0.0561. The van der Waals surface area contributed by atoms with Gasteiger partial charge in [-0.05, 0) is 38.5 Å². The number of morpholine rings is 1. The van der Waals surface area contributed by atoms with Gasteiger partial charge in [-0.25, -0.2) is 0 Å². The lowest BCUT2D eigenvalue weighted by Crippen LogP contribution is -2.48. The number of hydrogen-bond donors (Lipinski definition) is 1. The van der Waals surface area contributed by atoms with Crippen LogP contribution in [0.3, 0.4) is 0 Å². The predicted molar refractivity (Wildman–Crippen MR) is 87.2 cm³/mol. The molecular formula is C16H33NOS. The molecular weight excluding hydrogens is 254 g/mol. The van der Waals surface area contributed by atoms with Crippen molar-refractivity contribution in [2.75, 3.05) is 25.4 Å². The SMILES string of the molecule is CCC1COC(C)CN1CCCCCCCCCS. The van der Waals surface area contributed by atoms with Gasteiger partial charge in [-0.1, -0.05) is 39.0 Å². The van der Waals surface area contributed by atoms with Crippen molar-refractivity contribution >= 4 is 12.6 Å². The third-order valence-corrected chi connectivity index (χ3v) is 4.47. The monoisotopic (exact) mass is 287 g/mol. The van der Waals surface area contributed by atoms with E-state index >= 15 is 0 Å². The van der Waals surface area contributed by atoms with E-state index in [4.69, 9.17) is 4.74 Å². The summed E-state index contributed by atoms with van der Waals surface area (Å²) in [4.78, 5) is 2.65. The second-order valence-electron chi connectivity index (χ2n) is 5.90. The molecule has 0 radical (unpaired) electrons. The molecule has 1 fully saturated rings. The Balaban J connectivity index is 2.00. The maximum absolute atomic E-state index is 5.75. The summed E-state index contributed by atoms with van der Waals surface area (Å²) in [7, 11) is 0. The van der Waals surface area contributed by atoms with Gasteiger partial charge >= 0.3 is 0 Å². The van der Waals surface area contributed by atoms with E-state index in [1.54, 1.807) is 0 Å². The van der Waals surface area contributed by atoms with E-state index in [-0.39, 0.29) is 0 Å². The van der Waals surface area contributed by atoms with E-state index in [0.717, 1.165) is 18.9 Å². The summed E-state index contributed by atoms with van der Waals surface area (Å²) >= 11 is 4.25. The molecule has 0 N–H and O–H groups in total. The summed E-state index contributed by atoms with van der Waals surface area (Å²) in [6.45, 7) is 7.80. The minimum atomic E-state index is 0.420. The molecule has 0 amide bonds. The first-order valence-electron chi connectivity index (χ1n) is 8.24. The average Bonchev–Trinajstić information content (AvgIpc) is 2.42. The average molecular weight is 288 g/mol. The fourth-order valence-electron chi connectivity index (χ4n) is 2.87. The van der Waals surface area contributed by atoms with E-state index in [9.17, 15) is 0 Å². The molecule has 1 aliphatic heterocycles. The van der Waals surface area contributed by atoms with Crippen molar-refractivity contribution in [1.82, 2.24) is 4.90 Å². The zero-order chi connectivity index (χ0) is 13.9. The van der Waals surface area contributed by atoms with Crippen LogP contribution in [0.5, 0.6) is 0 Å². The van der Waals surface area contributed by atoms with Gasteiger partial charge in [0.05, 0.1) is 12.7 Å². The van der Waals surface area contributed by atoms with Gasteiger partial charge in [-0.3, -0.25) is 4.90 Å². The molecule has 2 atom stereocenters. The second kappa shape index (κ2) is 11.0. The highest BCUT2D eigenvalue weighted by Crippen LogP contribution is 2.16. The van der Waals surface area contributed by atoms with E-state index in [0.29, 0.717) is 12.1 Å². The number of thiol groups is 1. The van der Waals surface area contributed by atoms with Crippen LogP contribution in [0.15, 0.2) is 0 Å². The Hall–Kier alpha value is 0.270. The fraction of sp³-hybridized carbons (Fsp3) is 1.00. The van der Waals surface area contributed by atoms with Gasteiger partial charge in [0.15, 0.2) is 0 Å². The molecule has 114 valence electrons. The Bertz CT molecular complexity index is 213. The Morgan fingerprint density at radius 2 is 1.68 bits per heavy atom. The second-order valence-corrected chi connectivity index (χ2v) is 6.35. The van der Waals surface area contributed by atoms with Crippen LogP contribution >= 0.6 is 12.6 Å². The van der Waals surface area contributed by atoms with Gasteiger partial charge in [-0.2, -0.15) is 12.6 Å².